The highest BCUT2D eigenvalue weighted by molar-refractivity contribution is 5.53. The van der Waals surface area contributed by atoms with Crippen LogP contribution in [0.5, 0.6) is 0 Å². The van der Waals surface area contributed by atoms with Crippen LogP contribution >= 0.6 is 0 Å². The molecule has 1 fully saturated rings. The van der Waals surface area contributed by atoms with E-state index < -0.39 is 11.9 Å². The van der Waals surface area contributed by atoms with Gasteiger partial charge in [-0.2, -0.15) is 13.2 Å². The summed E-state index contributed by atoms with van der Waals surface area (Å²) in [5.74, 6) is 1.82. The number of rotatable bonds is 3. The maximum atomic E-state index is 12.8. The SMILES string of the molecule is Cc1nnc(CN2CCN(c3ccc4nc(C(F)(F)F)cn4c3)CC2)n1C. The van der Waals surface area contributed by atoms with E-state index >= 15 is 0 Å². The Morgan fingerprint density at radius 3 is 2.41 bits per heavy atom. The highest BCUT2D eigenvalue weighted by Gasteiger charge is 2.34. The molecule has 4 heterocycles. The lowest BCUT2D eigenvalue weighted by Crippen LogP contribution is -2.46. The van der Waals surface area contributed by atoms with E-state index in [0.717, 1.165) is 56.3 Å². The molecule has 0 radical (unpaired) electrons. The molecule has 0 spiro atoms. The van der Waals surface area contributed by atoms with Crippen LogP contribution in [0.15, 0.2) is 24.5 Å². The molecule has 3 aromatic heterocycles. The molecule has 27 heavy (non-hydrogen) atoms. The van der Waals surface area contributed by atoms with Crippen LogP contribution in [0.25, 0.3) is 5.65 Å². The van der Waals surface area contributed by atoms with Gasteiger partial charge in [0.2, 0.25) is 0 Å². The fourth-order valence-electron chi connectivity index (χ4n) is 3.26. The van der Waals surface area contributed by atoms with Crippen molar-refractivity contribution in [2.24, 2.45) is 7.05 Å². The van der Waals surface area contributed by atoms with Crippen molar-refractivity contribution in [1.29, 1.82) is 0 Å². The number of aryl methyl sites for hydroxylation is 1. The number of pyridine rings is 1. The quantitative estimate of drug-likeness (QED) is 0.698. The molecule has 0 amide bonds. The molecule has 0 aromatic carbocycles. The number of fused-ring (bicyclic) bond motifs is 1. The summed E-state index contributed by atoms with van der Waals surface area (Å²) >= 11 is 0. The van der Waals surface area contributed by atoms with Gasteiger partial charge < -0.3 is 13.9 Å². The van der Waals surface area contributed by atoms with E-state index in [9.17, 15) is 13.2 Å². The molecule has 10 heteroatoms. The molecule has 144 valence electrons. The number of alkyl halides is 3. The van der Waals surface area contributed by atoms with E-state index in [4.69, 9.17) is 0 Å². The Balaban J connectivity index is 1.44. The molecular weight excluding hydrogens is 359 g/mol. The highest BCUT2D eigenvalue weighted by Crippen LogP contribution is 2.29. The molecule has 1 aliphatic heterocycles. The maximum absolute atomic E-state index is 12.8. The summed E-state index contributed by atoms with van der Waals surface area (Å²) in [4.78, 5) is 8.11. The minimum atomic E-state index is -4.43. The molecule has 7 nitrogen and oxygen atoms in total. The Labute approximate surface area is 154 Å². The summed E-state index contributed by atoms with van der Waals surface area (Å²) in [5, 5.41) is 8.28. The van der Waals surface area contributed by atoms with E-state index in [0.29, 0.717) is 5.65 Å². The van der Waals surface area contributed by atoms with E-state index in [-0.39, 0.29) is 0 Å². The monoisotopic (exact) mass is 379 g/mol. The first kappa shape index (κ1) is 17.8. The number of piperazine rings is 1. The van der Waals surface area contributed by atoms with Crippen LogP contribution in [-0.2, 0) is 19.8 Å². The molecule has 0 aliphatic carbocycles. The van der Waals surface area contributed by atoms with Crippen molar-refractivity contribution >= 4 is 11.3 Å². The van der Waals surface area contributed by atoms with Gasteiger partial charge in [-0.3, -0.25) is 4.90 Å². The zero-order chi connectivity index (χ0) is 19.2. The van der Waals surface area contributed by atoms with Crippen LogP contribution in [0, 0.1) is 6.92 Å². The average Bonchev–Trinajstić information content (AvgIpc) is 3.20. The minimum Gasteiger partial charge on any atom is -0.368 e. The van der Waals surface area contributed by atoms with Crippen molar-refractivity contribution in [2.45, 2.75) is 19.6 Å². The third kappa shape index (κ3) is 3.48. The predicted octanol–water partition coefficient (Wildman–Crippen LogP) is 2.11. The lowest BCUT2D eigenvalue weighted by molar-refractivity contribution is -0.140. The van der Waals surface area contributed by atoms with Crippen LogP contribution in [0.3, 0.4) is 0 Å². The molecule has 1 aliphatic rings. The Hall–Kier alpha value is -2.62. The van der Waals surface area contributed by atoms with Crippen LogP contribution in [0.4, 0.5) is 18.9 Å². The van der Waals surface area contributed by atoms with Gasteiger partial charge in [0, 0.05) is 45.6 Å². The van der Waals surface area contributed by atoms with Gasteiger partial charge in [-0.25, -0.2) is 4.98 Å². The molecule has 0 N–H and O–H groups in total. The van der Waals surface area contributed by atoms with Gasteiger partial charge in [-0.15, -0.1) is 10.2 Å². The van der Waals surface area contributed by atoms with Gasteiger partial charge in [0.25, 0.3) is 0 Å². The number of imidazole rings is 1. The van der Waals surface area contributed by atoms with E-state index in [1.54, 1.807) is 12.3 Å². The lowest BCUT2D eigenvalue weighted by atomic mass is 10.2. The average molecular weight is 379 g/mol. The lowest BCUT2D eigenvalue weighted by Gasteiger charge is -2.35. The summed E-state index contributed by atoms with van der Waals surface area (Å²) in [7, 11) is 1.95. The zero-order valence-corrected chi connectivity index (χ0v) is 15.1. The summed E-state index contributed by atoms with van der Waals surface area (Å²) in [6.07, 6.45) is -1.69. The summed E-state index contributed by atoms with van der Waals surface area (Å²) in [6.45, 7) is 5.95. The third-order valence-electron chi connectivity index (χ3n) is 5.01. The normalized spacial score (nSPS) is 16.4. The topological polar surface area (TPSA) is 54.5 Å². The molecule has 3 aromatic rings. The van der Waals surface area contributed by atoms with Crippen LogP contribution in [0.1, 0.15) is 17.3 Å². The Bertz CT molecular complexity index is 951. The first-order valence-electron chi connectivity index (χ1n) is 8.69. The van der Waals surface area contributed by atoms with Gasteiger partial charge in [-0.1, -0.05) is 0 Å². The van der Waals surface area contributed by atoms with Gasteiger partial charge in [0.1, 0.15) is 17.3 Å². The smallest absolute Gasteiger partial charge is 0.368 e. The molecule has 0 saturated carbocycles. The first-order chi connectivity index (χ1) is 12.8. The van der Waals surface area contributed by atoms with Gasteiger partial charge in [-0.05, 0) is 19.1 Å². The molecule has 0 atom stereocenters. The Morgan fingerprint density at radius 2 is 1.78 bits per heavy atom. The summed E-state index contributed by atoms with van der Waals surface area (Å²) in [6, 6.07) is 3.45. The fraction of sp³-hybridized carbons (Fsp3) is 0.471. The summed E-state index contributed by atoms with van der Waals surface area (Å²) < 4.78 is 41.9. The first-order valence-corrected chi connectivity index (χ1v) is 8.69. The second-order valence-corrected chi connectivity index (χ2v) is 6.76. The van der Waals surface area contributed by atoms with Gasteiger partial charge in [0.15, 0.2) is 5.69 Å². The van der Waals surface area contributed by atoms with Gasteiger partial charge in [0.05, 0.1) is 12.2 Å². The van der Waals surface area contributed by atoms with E-state index in [1.165, 1.54) is 4.40 Å². The van der Waals surface area contributed by atoms with E-state index in [2.05, 4.69) is 25.0 Å². The second kappa shape index (κ2) is 6.52. The fourth-order valence-corrected chi connectivity index (χ4v) is 3.26. The van der Waals surface area contributed by atoms with Crippen molar-refractivity contribution in [3.63, 3.8) is 0 Å². The number of hydrogen-bond acceptors (Lipinski definition) is 5. The Morgan fingerprint density at radius 1 is 1.04 bits per heavy atom. The number of anilines is 1. The third-order valence-corrected chi connectivity index (χ3v) is 5.01. The van der Waals surface area contributed by atoms with Crippen molar-refractivity contribution in [2.75, 3.05) is 31.1 Å². The van der Waals surface area contributed by atoms with Crippen LogP contribution in [0.2, 0.25) is 0 Å². The van der Waals surface area contributed by atoms with Crippen molar-refractivity contribution in [3.8, 4) is 0 Å². The van der Waals surface area contributed by atoms with Crippen molar-refractivity contribution in [3.05, 3.63) is 41.9 Å². The van der Waals surface area contributed by atoms with E-state index in [1.807, 2.05) is 24.6 Å². The zero-order valence-electron chi connectivity index (χ0n) is 15.1. The minimum absolute atomic E-state index is 0.294. The predicted molar refractivity (Wildman–Crippen MR) is 93.4 cm³/mol. The van der Waals surface area contributed by atoms with Gasteiger partial charge >= 0.3 is 6.18 Å². The highest BCUT2D eigenvalue weighted by atomic mass is 19.4. The van der Waals surface area contributed by atoms with Crippen LogP contribution in [-0.4, -0.2) is 55.2 Å². The molecule has 0 unspecified atom stereocenters. The van der Waals surface area contributed by atoms with Crippen molar-refractivity contribution in [1.82, 2.24) is 29.0 Å². The Kier molecular flexibility index (Phi) is 4.29. The summed E-state index contributed by atoms with van der Waals surface area (Å²) in [5.41, 5.74) is 0.314. The largest absolute Gasteiger partial charge is 0.434 e. The molecular formula is C17H20F3N7. The number of halogens is 3. The molecule has 1 saturated heterocycles. The number of aromatic nitrogens is 5. The maximum Gasteiger partial charge on any atom is 0.434 e. The molecule has 4 rings (SSSR count). The van der Waals surface area contributed by atoms with Crippen LogP contribution < -0.4 is 4.90 Å². The standard InChI is InChI=1S/C17H20F3N7/c1-12-22-23-16(24(12)2)11-25-5-7-26(8-6-25)13-3-4-15-21-14(17(18,19)20)10-27(15)9-13/h3-4,9-10H,5-8,11H2,1-2H3. The second-order valence-electron chi connectivity index (χ2n) is 6.76. The molecule has 0 bridgehead atoms. The number of hydrogen-bond donors (Lipinski definition) is 0. The van der Waals surface area contributed by atoms with Crippen molar-refractivity contribution < 1.29 is 13.2 Å². The number of nitrogens with zero attached hydrogens (tertiary/aromatic N) is 7.